The average molecular weight is 240 g/mol. The van der Waals surface area contributed by atoms with E-state index in [9.17, 15) is 4.39 Å². The number of hydrogen-bond donors (Lipinski definition) is 1. The number of nitrogens with zero attached hydrogens (tertiary/aromatic N) is 1. The number of thioether (sulfide) groups is 1. The SMILES string of the molecule is NCCc1cc(F)cc(N2CCSCC2)c1. The van der Waals surface area contributed by atoms with Crippen molar-refractivity contribution in [2.45, 2.75) is 6.42 Å². The lowest BCUT2D eigenvalue weighted by Gasteiger charge is -2.28. The number of benzene rings is 1. The first-order chi connectivity index (χ1) is 7.79. The first-order valence-corrected chi connectivity index (χ1v) is 6.77. The highest BCUT2D eigenvalue weighted by Gasteiger charge is 2.12. The van der Waals surface area contributed by atoms with Gasteiger partial charge in [0.2, 0.25) is 0 Å². The molecule has 0 saturated carbocycles. The van der Waals surface area contributed by atoms with Gasteiger partial charge in [-0.1, -0.05) is 0 Å². The average Bonchev–Trinajstić information content (AvgIpc) is 2.30. The third kappa shape index (κ3) is 2.89. The Morgan fingerprint density at radius 2 is 2.00 bits per heavy atom. The Hall–Kier alpha value is -0.740. The molecule has 4 heteroatoms. The van der Waals surface area contributed by atoms with E-state index in [1.807, 2.05) is 11.8 Å². The van der Waals surface area contributed by atoms with Crippen LogP contribution in [0.15, 0.2) is 18.2 Å². The summed E-state index contributed by atoms with van der Waals surface area (Å²) in [7, 11) is 0. The molecule has 1 aliphatic heterocycles. The molecule has 0 atom stereocenters. The molecule has 1 saturated heterocycles. The van der Waals surface area contributed by atoms with Crippen LogP contribution in [0.1, 0.15) is 5.56 Å². The van der Waals surface area contributed by atoms with E-state index in [-0.39, 0.29) is 5.82 Å². The van der Waals surface area contributed by atoms with Crippen LogP contribution in [0.4, 0.5) is 10.1 Å². The van der Waals surface area contributed by atoms with Gasteiger partial charge in [-0.05, 0) is 36.7 Å². The van der Waals surface area contributed by atoms with Crippen LogP contribution in [-0.4, -0.2) is 31.1 Å². The van der Waals surface area contributed by atoms with Gasteiger partial charge in [-0.25, -0.2) is 4.39 Å². The predicted octanol–water partition coefficient (Wildman–Crippen LogP) is 1.88. The lowest BCUT2D eigenvalue weighted by molar-refractivity contribution is 0.624. The van der Waals surface area contributed by atoms with Crippen molar-refractivity contribution < 1.29 is 4.39 Å². The van der Waals surface area contributed by atoms with Crippen molar-refractivity contribution in [2.75, 3.05) is 36.0 Å². The van der Waals surface area contributed by atoms with Gasteiger partial charge in [-0.3, -0.25) is 0 Å². The van der Waals surface area contributed by atoms with E-state index in [0.29, 0.717) is 6.54 Å². The minimum Gasteiger partial charge on any atom is -0.370 e. The van der Waals surface area contributed by atoms with Crippen molar-refractivity contribution >= 4 is 17.4 Å². The number of nitrogens with two attached hydrogens (primary N) is 1. The van der Waals surface area contributed by atoms with Gasteiger partial charge in [0.1, 0.15) is 5.82 Å². The van der Waals surface area contributed by atoms with E-state index in [1.54, 1.807) is 12.1 Å². The molecule has 88 valence electrons. The van der Waals surface area contributed by atoms with Crippen LogP contribution in [0, 0.1) is 5.82 Å². The number of anilines is 1. The van der Waals surface area contributed by atoms with Gasteiger partial charge in [-0.15, -0.1) is 0 Å². The lowest BCUT2D eigenvalue weighted by Crippen LogP contribution is -2.32. The molecule has 0 aliphatic carbocycles. The molecule has 1 aromatic carbocycles. The summed E-state index contributed by atoms with van der Waals surface area (Å²) < 4.78 is 13.4. The molecular weight excluding hydrogens is 223 g/mol. The topological polar surface area (TPSA) is 29.3 Å². The fourth-order valence-corrected chi connectivity index (χ4v) is 2.85. The zero-order chi connectivity index (χ0) is 11.4. The smallest absolute Gasteiger partial charge is 0.125 e. The van der Waals surface area contributed by atoms with Crippen molar-refractivity contribution in [3.05, 3.63) is 29.6 Å². The van der Waals surface area contributed by atoms with Crippen LogP contribution in [0.3, 0.4) is 0 Å². The summed E-state index contributed by atoms with van der Waals surface area (Å²) in [5, 5.41) is 0. The molecule has 0 radical (unpaired) electrons. The summed E-state index contributed by atoms with van der Waals surface area (Å²) in [6.07, 6.45) is 0.743. The van der Waals surface area contributed by atoms with Gasteiger partial charge in [0.25, 0.3) is 0 Å². The van der Waals surface area contributed by atoms with Crippen LogP contribution in [0.2, 0.25) is 0 Å². The molecule has 0 spiro atoms. The molecule has 0 bridgehead atoms. The van der Waals surface area contributed by atoms with E-state index >= 15 is 0 Å². The van der Waals surface area contributed by atoms with Crippen molar-refractivity contribution in [3.8, 4) is 0 Å². The molecule has 1 fully saturated rings. The molecule has 0 unspecified atom stereocenters. The first kappa shape index (κ1) is 11.7. The van der Waals surface area contributed by atoms with Gasteiger partial charge in [0.15, 0.2) is 0 Å². The normalized spacial score (nSPS) is 16.5. The number of hydrogen-bond acceptors (Lipinski definition) is 3. The Labute approximate surface area is 100 Å². The Morgan fingerprint density at radius 1 is 1.25 bits per heavy atom. The van der Waals surface area contributed by atoms with Crippen molar-refractivity contribution in [3.63, 3.8) is 0 Å². The maximum atomic E-state index is 13.4. The van der Waals surface area contributed by atoms with Crippen LogP contribution in [0.25, 0.3) is 0 Å². The van der Waals surface area contributed by atoms with E-state index in [1.165, 1.54) is 0 Å². The molecule has 2 nitrogen and oxygen atoms in total. The van der Waals surface area contributed by atoms with Crippen LogP contribution >= 0.6 is 11.8 Å². The minimum atomic E-state index is -0.154. The maximum Gasteiger partial charge on any atom is 0.125 e. The zero-order valence-electron chi connectivity index (χ0n) is 9.29. The molecule has 0 amide bonds. The first-order valence-electron chi connectivity index (χ1n) is 5.62. The summed E-state index contributed by atoms with van der Waals surface area (Å²) in [5.74, 6) is 2.10. The molecule has 0 aromatic heterocycles. The standard InChI is InChI=1S/C12H17FN2S/c13-11-7-10(1-2-14)8-12(9-11)15-3-5-16-6-4-15/h7-9H,1-6,14H2. The monoisotopic (exact) mass is 240 g/mol. The van der Waals surface area contributed by atoms with E-state index < -0.39 is 0 Å². The second kappa shape index (κ2) is 5.55. The summed E-state index contributed by atoms with van der Waals surface area (Å²) in [6, 6.07) is 5.26. The molecule has 2 N–H and O–H groups in total. The second-order valence-corrected chi connectivity index (χ2v) is 5.18. The Balaban J connectivity index is 2.18. The van der Waals surface area contributed by atoms with E-state index in [0.717, 1.165) is 42.3 Å². The van der Waals surface area contributed by atoms with Gasteiger partial charge in [0.05, 0.1) is 0 Å². The van der Waals surface area contributed by atoms with Crippen molar-refractivity contribution in [2.24, 2.45) is 5.73 Å². The highest BCUT2D eigenvalue weighted by molar-refractivity contribution is 7.99. The fourth-order valence-electron chi connectivity index (χ4n) is 1.95. The molecule has 16 heavy (non-hydrogen) atoms. The lowest BCUT2D eigenvalue weighted by atomic mass is 10.1. The fraction of sp³-hybridized carbons (Fsp3) is 0.500. The van der Waals surface area contributed by atoms with Crippen LogP contribution < -0.4 is 10.6 Å². The molecular formula is C12H17FN2S. The Morgan fingerprint density at radius 3 is 2.69 bits per heavy atom. The molecule has 1 aliphatic rings. The van der Waals surface area contributed by atoms with Crippen molar-refractivity contribution in [1.82, 2.24) is 0 Å². The van der Waals surface area contributed by atoms with Gasteiger partial charge < -0.3 is 10.6 Å². The highest BCUT2D eigenvalue weighted by Crippen LogP contribution is 2.22. The van der Waals surface area contributed by atoms with E-state index in [4.69, 9.17) is 5.73 Å². The quantitative estimate of drug-likeness (QED) is 0.874. The second-order valence-electron chi connectivity index (χ2n) is 3.96. The zero-order valence-corrected chi connectivity index (χ0v) is 10.1. The van der Waals surface area contributed by atoms with Crippen molar-refractivity contribution in [1.29, 1.82) is 0 Å². The minimum absolute atomic E-state index is 0.154. The third-order valence-electron chi connectivity index (χ3n) is 2.75. The largest absolute Gasteiger partial charge is 0.370 e. The van der Waals surface area contributed by atoms with Gasteiger partial charge >= 0.3 is 0 Å². The summed E-state index contributed by atoms with van der Waals surface area (Å²) in [6.45, 7) is 2.59. The third-order valence-corrected chi connectivity index (χ3v) is 3.69. The van der Waals surface area contributed by atoms with Crippen LogP contribution in [-0.2, 0) is 6.42 Å². The maximum absolute atomic E-state index is 13.4. The molecule has 1 heterocycles. The summed E-state index contributed by atoms with van der Waals surface area (Å²) in [4.78, 5) is 2.25. The van der Waals surface area contributed by atoms with E-state index in [2.05, 4.69) is 11.0 Å². The van der Waals surface area contributed by atoms with Crippen LogP contribution in [0.5, 0.6) is 0 Å². The summed E-state index contributed by atoms with van der Waals surface area (Å²) in [5.41, 5.74) is 7.50. The predicted molar refractivity (Wildman–Crippen MR) is 68.7 cm³/mol. The Kier molecular flexibility index (Phi) is 4.07. The number of halogens is 1. The van der Waals surface area contributed by atoms with Gasteiger partial charge in [0, 0.05) is 30.3 Å². The molecule has 1 aromatic rings. The summed E-state index contributed by atoms with van der Waals surface area (Å²) >= 11 is 1.96. The highest BCUT2D eigenvalue weighted by atomic mass is 32.2. The number of rotatable bonds is 3. The molecule has 2 rings (SSSR count). The van der Waals surface area contributed by atoms with Gasteiger partial charge in [-0.2, -0.15) is 11.8 Å². The Bertz CT molecular complexity index is 351.